The van der Waals surface area contributed by atoms with Gasteiger partial charge in [0, 0.05) is 30.1 Å². The summed E-state index contributed by atoms with van der Waals surface area (Å²) in [5.74, 6) is 2.37. The number of carbonyl (C=O) groups excluding carboxylic acids is 2. The molecule has 3 aromatic rings. The summed E-state index contributed by atoms with van der Waals surface area (Å²) in [6.07, 6.45) is 3.37. The number of hydrogen-bond acceptors (Lipinski definition) is 7. The van der Waals surface area contributed by atoms with E-state index in [9.17, 15) is 9.59 Å². The molecule has 5 rings (SSSR count). The van der Waals surface area contributed by atoms with Gasteiger partial charge in [0.25, 0.3) is 5.91 Å². The van der Waals surface area contributed by atoms with Crippen molar-refractivity contribution in [1.29, 1.82) is 0 Å². The maximum atomic E-state index is 13.3. The molecule has 9 nitrogen and oxygen atoms in total. The van der Waals surface area contributed by atoms with Crippen LogP contribution in [0, 0.1) is 5.92 Å². The highest BCUT2D eigenvalue weighted by Crippen LogP contribution is 2.36. The first-order valence-corrected chi connectivity index (χ1v) is 12.3. The molecule has 0 spiro atoms. The van der Waals surface area contributed by atoms with Gasteiger partial charge in [-0.05, 0) is 61.9 Å². The maximum Gasteiger partial charge on any atom is 0.251 e. The monoisotopic (exact) mass is 490 g/mol. The van der Waals surface area contributed by atoms with Crippen LogP contribution in [0.25, 0.3) is 11.4 Å². The van der Waals surface area contributed by atoms with Crippen molar-refractivity contribution in [2.45, 2.75) is 37.6 Å². The molecule has 1 N–H and O–H groups in total. The molecule has 2 aromatic carbocycles. The minimum Gasteiger partial charge on any atom is -0.493 e. The molecule has 36 heavy (non-hydrogen) atoms. The van der Waals surface area contributed by atoms with Crippen molar-refractivity contribution < 1.29 is 23.6 Å². The highest BCUT2D eigenvalue weighted by atomic mass is 16.5. The summed E-state index contributed by atoms with van der Waals surface area (Å²) in [5.41, 5.74) is 1.34. The van der Waals surface area contributed by atoms with Gasteiger partial charge in [-0.2, -0.15) is 4.98 Å². The molecule has 9 heteroatoms. The number of nitrogens with one attached hydrogen (secondary N) is 1. The van der Waals surface area contributed by atoms with Gasteiger partial charge in [-0.25, -0.2) is 0 Å². The van der Waals surface area contributed by atoms with Crippen LogP contribution in [0.4, 0.5) is 0 Å². The number of nitrogens with zero attached hydrogens (tertiary/aromatic N) is 3. The van der Waals surface area contributed by atoms with Crippen molar-refractivity contribution >= 4 is 11.8 Å². The highest BCUT2D eigenvalue weighted by Gasteiger charge is 2.40. The lowest BCUT2D eigenvalue weighted by atomic mass is 9.96. The summed E-state index contributed by atoms with van der Waals surface area (Å²) in [6.45, 7) is 1.17. The number of likely N-dealkylation sites (tertiary alicyclic amines) is 1. The van der Waals surface area contributed by atoms with Crippen LogP contribution < -0.4 is 14.8 Å². The van der Waals surface area contributed by atoms with Crippen molar-refractivity contribution in [3.63, 3.8) is 0 Å². The lowest BCUT2D eigenvalue weighted by Gasteiger charge is -2.33. The van der Waals surface area contributed by atoms with Crippen molar-refractivity contribution in [2.75, 3.05) is 27.3 Å². The van der Waals surface area contributed by atoms with E-state index in [4.69, 9.17) is 14.0 Å². The molecule has 1 aliphatic carbocycles. The Labute approximate surface area is 209 Å². The fraction of sp³-hybridized carbons (Fsp3) is 0.407. The minimum absolute atomic E-state index is 0.00298. The average Bonchev–Trinajstić information content (AvgIpc) is 3.66. The van der Waals surface area contributed by atoms with Crippen LogP contribution >= 0.6 is 0 Å². The zero-order chi connectivity index (χ0) is 25.1. The molecule has 188 valence electrons. The zero-order valence-electron chi connectivity index (χ0n) is 20.5. The summed E-state index contributed by atoms with van der Waals surface area (Å²) >= 11 is 0. The quantitative estimate of drug-likeness (QED) is 0.513. The molecule has 0 radical (unpaired) electrons. The molecular formula is C27H30N4O5. The number of aromatic nitrogens is 2. The van der Waals surface area contributed by atoms with E-state index in [1.54, 1.807) is 32.4 Å². The van der Waals surface area contributed by atoms with Crippen LogP contribution in [-0.4, -0.2) is 60.2 Å². The normalized spacial score (nSPS) is 16.9. The predicted molar refractivity (Wildman–Crippen MR) is 132 cm³/mol. The molecule has 1 aromatic heterocycles. The number of carbonyl (C=O) groups is 2. The summed E-state index contributed by atoms with van der Waals surface area (Å²) < 4.78 is 16.2. The molecule has 2 fully saturated rings. The largest absolute Gasteiger partial charge is 0.493 e. The molecular weight excluding hydrogens is 460 g/mol. The topological polar surface area (TPSA) is 107 Å². The van der Waals surface area contributed by atoms with E-state index in [1.165, 1.54) is 0 Å². The Morgan fingerprint density at radius 1 is 1.00 bits per heavy atom. The van der Waals surface area contributed by atoms with Crippen LogP contribution in [0.5, 0.6) is 11.5 Å². The average molecular weight is 491 g/mol. The van der Waals surface area contributed by atoms with Crippen LogP contribution in [0.3, 0.4) is 0 Å². The number of amides is 2. The van der Waals surface area contributed by atoms with E-state index in [0.717, 1.165) is 31.2 Å². The molecule has 1 aliphatic heterocycles. The Balaban J connectivity index is 1.21. The molecule has 0 bridgehead atoms. The fourth-order valence-corrected chi connectivity index (χ4v) is 4.66. The second-order valence-corrected chi connectivity index (χ2v) is 9.28. The second kappa shape index (κ2) is 10.4. The molecule has 2 heterocycles. The minimum atomic E-state index is -0.477. The Morgan fingerprint density at radius 3 is 2.39 bits per heavy atom. The first-order chi connectivity index (χ1) is 17.6. The number of hydrogen-bond donors (Lipinski definition) is 1. The molecule has 2 amide bonds. The third kappa shape index (κ3) is 5.05. The van der Waals surface area contributed by atoms with Gasteiger partial charge in [-0.3, -0.25) is 9.59 Å². The predicted octanol–water partition coefficient (Wildman–Crippen LogP) is 3.67. The maximum absolute atomic E-state index is 13.3. The van der Waals surface area contributed by atoms with Gasteiger partial charge in [0.1, 0.15) is 6.04 Å². The first kappa shape index (κ1) is 23.8. The second-order valence-electron chi connectivity index (χ2n) is 9.28. The van der Waals surface area contributed by atoms with Gasteiger partial charge in [0.2, 0.25) is 17.6 Å². The van der Waals surface area contributed by atoms with E-state index in [-0.39, 0.29) is 23.7 Å². The van der Waals surface area contributed by atoms with Gasteiger partial charge in [0.05, 0.1) is 14.2 Å². The standard InChI is InChI=1S/C27H30N4O5/c1-34-21-11-10-20(16-22(21)35-2)24-29-26(36-30-24)19-12-14-31(15-13-19)27(33)23(17-8-9-17)28-25(32)18-6-4-3-5-7-18/h3-7,10-11,16-17,19,23H,8-9,12-15H2,1-2H3,(H,28,32). The Bertz CT molecular complexity index is 1220. The lowest BCUT2D eigenvalue weighted by Crippen LogP contribution is -2.51. The molecule has 1 atom stereocenters. The number of rotatable bonds is 8. The number of ether oxygens (including phenoxy) is 2. The fourth-order valence-electron chi connectivity index (χ4n) is 4.66. The van der Waals surface area contributed by atoms with Crippen LogP contribution in [0.2, 0.25) is 0 Å². The SMILES string of the molecule is COc1ccc(-c2noc(C3CCN(C(=O)C(NC(=O)c4ccccc4)C4CC4)CC3)n2)cc1OC. The van der Waals surface area contributed by atoms with E-state index >= 15 is 0 Å². The number of benzene rings is 2. The summed E-state index contributed by atoms with van der Waals surface area (Å²) in [4.78, 5) is 32.5. The van der Waals surface area contributed by atoms with Crippen molar-refractivity contribution in [2.24, 2.45) is 5.92 Å². The summed E-state index contributed by atoms with van der Waals surface area (Å²) in [6, 6.07) is 14.0. The number of piperidine rings is 1. The lowest BCUT2D eigenvalue weighted by molar-refractivity contribution is -0.135. The third-order valence-electron chi connectivity index (χ3n) is 6.92. The molecule has 1 unspecified atom stereocenters. The van der Waals surface area contributed by atoms with Crippen molar-refractivity contribution in [3.05, 3.63) is 60.0 Å². The van der Waals surface area contributed by atoms with E-state index < -0.39 is 6.04 Å². The Morgan fingerprint density at radius 2 is 1.72 bits per heavy atom. The van der Waals surface area contributed by atoms with Gasteiger partial charge in [-0.15, -0.1) is 0 Å². The van der Waals surface area contributed by atoms with Gasteiger partial charge >= 0.3 is 0 Å². The Hall–Kier alpha value is -3.88. The van der Waals surface area contributed by atoms with Crippen molar-refractivity contribution in [3.8, 4) is 22.9 Å². The third-order valence-corrected chi connectivity index (χ3v) is 6.92. The first-order valence-electron chi connectivity index (χ1n) is 12.3. The number of methoxy groups -OCH3 is 2. The van der Waals surface area contributed by atoms with E-state index in [1.807, 2.05) is 35.2 Å². The smallest absolute Gasteiger partial charge is 0.251 e. The van der Waals surface area contributed by atoms with Crippen LogP contribution in [0.1, 0.15) is 47.8 Å². The highest BCUT2D eigenvalue weighted by molar-refractivity contribution is 5.97. The van der Waals surface area contributed by atoms with Crippen molar-refractivity contribution in [1.82, 2.24) is 20.4 Å². The summed E-state index contributed by atoms with van der Waals surface area (Å²) in [7, 11) is 3.17. The van der Waals surface area contributed by atoms with Crippen LogP contribution in [-0.2, 0) is 4.79 Å². The van der Waals surface area contributed by atoms with Gasteiger partial charge in [-0.1, -0.05) is 23.4 Å². The Kier molecular flexibility index (Phi) is 6.88. The van der Waals surface area contributed by atoms with E-state index in [0.29, 0.717) is 41.9 Å². The van der Waals surface area contributed by atoms with Gasteiger partial charge < -0.3 is 24.2 Å². The zero-order valence-corrected chi connectivity index (χ0v) is 20.5. The summed E-state index contributed by atoms with van der Waals surface area (Å²) in [5, 5.41) is 7.14. The molecule has 1 saturated heterocycles. The molecule has 1 saturated carbocycles. The van der Waals surface area contributed by atoms with Crippen LogP contribution in [0.15, 0.2) is 53.1 Å². The van der Waals surface area contributed by atoms with E-state index in [2.05, 4.69) is 15.5 Å². The van der Waals surface area contributed by atoms with Gasteiger partial charge in [0.15, 0.2) is 11.5 Å². The molecule has 2 aliphatic rings.